The van der Waals surface area contributed by atoms with Crippen molar-refractivity contribution in [2.45, 2.75) is 46.0 Å². The van der Waals surface area contributed by atoms with Crippen molar-refractivity contribution in [3.63, 3.8) is 0 Å². The van der Waals surface area contributed by atoms with E-state index in [1.54, 1.807) is 11.3 Å². The van der Waals surface area contributed by atoms with E-state index in [0.717, 1.165) is 43.3 Å². The van der Waals surface area contributed by atoms with Crippen LogP contribution in [0.5, 0.6) is 0 Å². The van der Waals surface area contributed by atoms with Crippen molar-refractivity contribution in [1.82, 2.24) is 4.90 Å². The van der Waals surface area contributed by atoms with E-state index < -0.39 is 0 Å². The smallest absolute Gasteiger partial charge is 0.239 e. The summed E-state index contributed by atoms with van der Waals surface area (Å²) < 4.78 is 0. The highest BCUT2D eigenvalue weighted by atomic mass is 32.1. The SMILES string of the molecule is CC1CCN(CC(=O)Nc2sc3c(c2C#N)CC[C@H](C)C3)CC1. The number of amides is 1. The summed E-state index contributed by atoms with van der Waals surface area (Å²) in [5.41, 5.74) is 1.88. The maximum atomic E-state index is 12.4. The van der Waals surface area contributed by atoms with E-state index in [2.05, 4.69) is 30.1 Å². The third-order valence-corrected chi connectivity index (χ3v) is 6.29. The monoisotopic (exact) mass is 331 g/mol. The maximum absolute atomic E-state index is 12.4. The van der Waals surface area contributed by atoms with Crippen LogP contribution in [0.25, 0.3) is 0 Å². The number of hydrogen-bond acceptors (Lipinski definition) is 4. The summed E-state index contributed by atoms with van der Waals surface area (Å²) in [5.74, 6) is 1.46. The van der Waals surface area contributed by atoms with Gasteiger partial charge in [0.15, 0.2) is 0 Å². The number of carbonyl (C=O) groups is 1. The summed E-state index contributed by atoms with van der Waals surface area (Å²) in [7, 11) is 0. The van der Waals surface area contributed by atoms with Crippen LogP contribution in [-0.2, 0) is 17.6 Å². The molecule has 23 heavy (non-hydrogen) atoms. The summed E-state index contributed by atoms with van der Waals surface area (Å²) >= 11 is 1.61. The first-order valence-corrected chi connectivity index (χ1v) is 9.45. The van der Waals surface area contributed by atoms with E-state index in [0.29, 0.717) is 18.0 Å². The molecular formula is C18H25N3OS. The molecule has 3 rings (SSSR count). The lowest BCUT2D eigenvalue weighted by Gasteiger charge is -2.29. The van der Waals surface area contributed by atoms with E-state index in [9.17, 15) is 10.1 Å². The number of hydrogen-bond donors (Lipinski definition) is 1. The number of anilines is 1. The number of nitrogens with zero attached hydrogens (tertiary/aromatic N) is 2. The Bertz CT molecular complexity index is 623. The highest BCUT2D eigenvalue weighted by molar-refractivity contribution is 7.16. The first-order chi connectivity index (χ1) is 11.1. The quantitative estimate of drug-likeness (QED) is 0.923. The Morgan fingerprint density at radius 2 is 2.04 bits per heavy atom. The van der Waals surface area contributed by atoms with Crippen molar-refractivity contribution in [3.05, 3.63) is 16.0 Å². The summed E-state index contributed by atoms with van der Waals surface area (Å²) in [6.45, 7) is 6.96. The molecule has 2 heterocycles. The minimum atomic E-state index is 0.0164. The Kier molecular flexibility index (Phi) is 5.03. The topological polar surface area (TPSA) is 56.1 Å². The van der Waals surface area contributed by atoms with Crippen molar-refractivity contribution in [3.8, 4) is 6.07 Å². The van der Waals surface area contributed by atoms with Gasteiger partial charge in [-0.25, -0.2) is 0 Å². The fourth-order valence-corrected chi connectivity index (χ4v) is 4.92. The molecule has 1 aromatic rings. The average molecular weight is 331 g/mol. The van der Waals surface area contributed by atoms with Crippen molar-refractivity contribution < 1.29 is 4.79 Å². The molecule has 1 aliphatic carbocycles. The van der Waals surface area contributed by atoms with Gasteiger partial charge >= 0.3 is 0 Å². The summed E-state index contributed by atoms with van der Waals surface area (Å²) in [6, 6.07) is 2.32. The normalized spacial score (nSPS) is 22.4. The molecule has 0 unspecified atom stereocenters. The van der Waals surface area contributed by atoms with Gasteiger partial charge in [-0.2, -0.15) is 5.26 Å². The first-order valence-electron chi connectivity index (χ1n) is 8.63. The second-order valence-electron chi connectivity index (χ2n) is 7.17. The summed E-state index contributed by atoms with van der Waals surface area (Å²) in [4.78, 5) is 15.9. The highest BCUT2D eigenvalue weighted by Crippen LogP contribution is 2.39. The number of piperidine rings is 1. The van der Waals surface area contributed by atoms with Crippen LogP contribution in [0.3, 0.4) is 0 Å². The van der Waals surface area contributed by atoms with Gasteiger partial charge in [-0.1, -0.05) is 13.8 Å². The Morgan fingerprint density at radius 1 is 1.30 bits per heavy atom. The Labute approximate surface area is 142 Å². The lowest BCUT2D eigenvalue weighted by atomic mass is 9.89. The van der Waals surface area contributed by atoms with Gasteiger partial charge in [0, 0.05) is 4.88 Å². The van der Waals surface area contributed by atoms with E-state index >= 15 is 0 Å². The lowest BCUT2D eigenvalue weighted by Crippen LogP contribution is -2.38. The van der Waals surface area contributed by atoms with Crippen molar-refractivity contribution in [1.29, 1.82) is 5.26 Å². The number of nitriles is 1. The van der Waals surface area contributed by atoms with Crippen LogP contribution in [0.15, 0.2) is 0 Å². The van der Waals surface area contributed by atoms with Crippen LogP contribution < -0.4 is 5.32 Å². The van der Waals surface area contributed by atoms with Crippen LogP contribution in [-0.4, -0.2) is 30.4 Å². The molecule has 1 saturated heterocycles. The molecule has 0 saturated carbocycles. The molecule has 0 aromatic carbocycles. The maximum Gasteiger partial charge on any atom is 0.239 e. The Balaban J connectivity index is 1.66. The minimum Gasteiger partial charge on any atom is -0.315 e. The molecule has 0 bridgehead atoms. The molecule has 1 aromatic heterocycles. The first kappa shape index (κ1) is 16.5. The molecule has 4 nitrogen and oxygen atoms in total. The molecule has 1 aliphatic heterocycles. The molecule has 0 spiro atoms. The summed E-state index contributed by atoms with van der Waals surface area (Å²) in [6.07, 6.45) is 5.48. The fourth-order valence-electron chi connectivity index (χ4n) is 3.55. The molecule has 1 fully saturated rings. The van der Waals surface area contributed by atoms with E-state index in [1.807, 2.05) is 0 Å². The zero-order chi connectivity index (χ0) is 16.4. The third kappa shape index (κ3) is 3.76. The van der Waals surface area contributed by atoms with E-state index in [-0.39, 0.29) is 5.91 Å². The molecule has 124 valence electrons. The van der Waals surface area contributed by atoms with Gasteiger partial charge in [0.25, 0.3) is 0 Å². The predicted molar refractivity (Wildman–Crippen MR) is 93.7 cm³/mol. The predicted octanol–water partition coefficient (Wildman–Crippen LogP) is 3.41. The zero-order valence-electron chi connectivity index (χ0n) is 14.0. The number of likely N-dealkylation sites (tertiary alicyclic amines) is 1. The van der Waals surface area contributed by atoms with Gasteiger partial charge in [-0.05, 0) is 62.6 Å². The Hall–Kier alpha value is -1.38. The number of rotatable bonds is 3. The fraction of sp³-hybridized carbons (Fsp3) is 0.667. The largest absolute Gasteiger partial charge is 0.315 e. The Morgan fingerprint density at radius 3 is 2.74 bits per heavy atom. The molecule has 5 heteroatoms. The van der Waals surface area contributed by atoms with Gasteiger partial charge in [0.1, 0.15) is 11.1 Å². The van der Waals surface area contributed by atoms with E-state index in [4.69, 9.17) is 0 Å². The van der Waals surface area contributed by atoms with Crippen molar-refractivity contribution in [2.24, 2.45) is 11.8 Å². The number of thiophene rings is 1. The average Bonchev–Trinajstić information content (AvgIpc) is 2.85. The minimum absolute atomic E-state index is 0.0164. The van der Waals surface area contributed by atoms with Crippen molar-refractivity contribution in [2.75, 3.05) is 25.0 Å². The van der Waals surface area contributed by atoms with Crippen LogP contribution in [0, 0.1) is 23.2 Å². The second kappa shape index (κ2) is 7.02. The van der Waals surface area contributed by atoms with Crippen molar-refractivity contribution >= 4 is 22.2 Å². The molecule has 0 radical (unpaired) electrons. The molecule has 2 aliphatic rings. The van der Waals surface area contributed by atoms with Gasteiger partial charge < -0.3 is 5.32 Å². The lowest BCUT2D eigenvalue weighted by molar-refractivity contribution is -0.117. The van der Waals surface area contributed by atoms with E-state index in [1.165, 1.54) is 23.3 Å². The van der Waals surface area contributed by atoms with Gasteiger partial charge in [-0.15, -0.1) is 11.3 Å². The van der Waals surface area contributed by atoms with Crippen LogP contribution in [0.2, 0.25) is 0 Å². The second-order valence-corrected chi connectivity index (χ2v) is 8.28. The number of nitrogens with one attached hydrogen (secondary N) is 1. The highest BCUT2D eigenvalue weighted by Gasteiger charge is 2.25. The molecule has 1 atom stereocenters. The molecule has 1 amide bonds. The molecule has 1 N–H and O–H groups in total. The number of carbonyl (C=O) groups excluding carboxylic acids is 1. The molecular weight excluding hydrogens is 306 g/mol. The third-order valence-electron chi connectivity index (χ3n) is 5.12. The van der Waals surface area contributed by atoms with Crippen LogP contribution in [0.1, 0.15) is 49.1 Å². The summed E-state index contributed by atoms with van der Waals surface area (Å²) in [5, 5.41) is 13.3. The zero-order valence-corrected chi connectivity index (χ0v) is 14.8. The van der Waals surface area contributed by atoms with Crippen LogP contribution >= 0.6 is 11.3 Å². The standard InChI is InChI=1S/C18H25N3OS/c1-12-5-7-21(8-6-12)11-17(22)20-18-15(10-19)14-4-3-13(2)9-16(14)23-18/h12-13H,3-9,11H2,1-2H3,(H,20,22)/t13-/m0/s1. The van der Waals surface area contributed by atoms with Gasteiger partial charge in [0.05, 0.1) is 12.1 Å². The van der Waals surface area contributed by atoms with Gasteiger partial charge in [0.2, 0.25) is 5.91 Å². The number of fused-ring (bicyclic) bond motifs is 1. The van der Waals surface area contributed by atoms with Gasteiger partial charge in [-0.3, -0.25) is 9.69 Å². The van der Waals surface area contributed by atoms with Crippen LogP contribution in [0.4, 0.5) is 5.00 Å².